The largest absolute Gasteiger partial charge is 0.393 e. The number of hydrogen-bond donors (Lipinski definition) is 5. The average Bonchev–Trinajstić information content (AvgIpc) is 3.36. The summed E-state index contributed by atoms with van der Waals surface area (Å²) in [7, 11) is 3.89. The first-order chi connectivity index (χ1) is 20.7. The van der Waals surface area contributed by atoms with Crippen molar-refractivity contribution in [2.75, 3.05) is 40.4 Å². The third kappa shape index (κ3) is 7.23. The molecule has 2 aliphatic rings. The number of fused-ring (bicyclic) bond motifs is 2. The number of aryl methyl sites for hydroxylation is 2. The van der Waals surface area contributed by atoms with E-state index in [1.165, 1.54) is 0 Å². The molecule has 2 aromatic carbocycles. The number of rotatable bonds is 14. The number of aliphatic hydroxyl groups excluding tert-OH is 4. The number of aliphatic hydroxyl groups is 4. The Morgan fingerprint density at radius 3 is 2.39 bits per heavy atom. The Bertz CT molecular complexity index is 1310. The van der Waals surface area contributed by atoms with E-state index in [-0.39, 0.29) is 24.7 Å². The zero-order chi connectivity index (χ0) is 32.3. The minimum absolute atomic E-state index is 0.0840. The van der Waals surface area contributed by atoms with Gasteiger partial charge in [-0.15, -0.1) is 0 Å². The third-order valence-corrected chi connectivity index (χ3v) is 8.92. The monoisotopic (exact) mass is 612 g/mol. The topological polar surface area (TPSA) is 149 Å². The number of likely N-dealkylation sites (N-methyl/N-ethyl adjacent to an activating group) is 1. The van der Waals surface area contributed by atoms with Crippen molar-refractivity contribution in [1.82, 2.24) is 10.2 Å². The fraction of sp³-hybridized carbons (Fsp3) is 0.588. The van der Waals surface area contributed by atoms with Crippen LogP contribution in [-0.2, 0) is 37.7 Å². The molecule has 44 heavy (non-hydrogen) atoms. The number of Topliss-reactive ketones (excluding diaryl/α,β-unsaturated/α-hetero) is 1. The van der Waals surface area contributed by atoms with Crippen LogP contribution in [0.3, 0.4) is 0 Å². The number of amides is 1. The first-order valence-electron chi connectivity index (χ1n) is 15.3. The molecule has 10 heteroatoms. The molecular weight excluding hydrogens is 564 g/mol. The molecule has 0 aliphatic carbocycles. The number of carbonyl (C=O) groups excluding carboxylic acids is 2. The number of carbonyl (C=O) groups is 2. The van der Waals surface area contributed by atoms with Gasteiger partial charge in [0.2, 0.25) is 11.7 Å². The maximum Gasteiger partial charge on any atom is 0.226 e. The van der Waals surface area contributed by atoms with Gasteiger partial charge in [0, 0.05) is 31.5 Å². The Morgan fingerprint density at radius 2 is 1.73 bits per heavy atom. The van der Waals surface area contributed by atoms with Gasteiger partial charge in [-0.3, -0.25) is 9.59 Å². The molecule has 2 bridgehead atoms. The van der Waals surface area contributed by atoms with Gasteiger partial charge in [-0.25, -0.2) is 0 Å². The highest BCUT2D eigenvalue weighted by atomic mass is 16.8. The number of benzene rings is 2. The van der Waals surface area contributed by atoms with Gasteiger partial charge in [0.25, 0.3) is 0 Å². The van der Waals surface area contributed by atoms with Gasteiger partial charge in [0.1, 0.15) is 29.7 Å². The van der Waals surface area contributed by atoms with Crippen molar-refractivity contribution in [3.63, 3.8) is 0 Å². The molecule has 0 spiro atoms. The first-order valence-corrected chi connectivity index (χ1v) is 15.3. The SMILES string of the molecule is Cc1ccc([C@]23OC[C@](CO)(O2)[C@@H](O)[C@H](O)[C@H]3O)cc1Cc1ccc(CCCC(=O)CC(C)(C)C(=O)NCCN(C)C)cc1. The Kier molecular flexibility index (Phi) is 10.7. The number of hydrogen-bond acceptors (Lipinski definition) is 9. The van der Waals surface area contributed by atoms with E-state index in [1.54, 1.807) is 6.07 Å². The molecule has 2 heterocycles. The third-order valence-electron chi connectivity index (χ3n) is 8.92. The van der Waals surface area contributed by atoms with Crippen molar-refractivity contribution in [1.29, 1.82) is 0 Å². The van der Waals surface area contributed by atoms with Crippen molar-refractivity contribution in [3.05, 3.63) is 70.3 Å². The number of ketones is 1. The maximum absolute atomic E-state index is 12.6. The van der Waals surface area contributed by atoms with E-state index in [9.17, 15) is 30.0 Å². The van der Waals surface area contributed by atoms with Crippen molar-refractivity contribution in [2.24, 2.45) is 5.41 Å². The van der Waals surface area contributed by atoms with E-state index in [0.29, 0.717) is 31.4 Å². The number of nitrogens with one attached hydrogen (secondary N) is 1. The molecule has 2 saturated heterocycles. The van der Waals surface area contributed by atoms with Crippen LogP contribution in [0.15, 0.2) is 42.5 Å². The minimum atomic E-state index is -1.70. The molecule has 0 unspecified atom stereocenters. The lowest BCUT2D eigenvalue weighted by Crippen LogP contribution is -2.65. The van der Waals surface area contributed by atoms with E-state index in [4.69, 9.17) is 9.47 Å². The summed E-state index contributed by atoms with van der Waals surface area (Å²) in [6.45, 7) is 6.18. The van der Waals surface area contributed by atoms with E-state index in [2.05, 4.69) is 29.6 Å². The molecule has 2 aromatic rings. The standard InChI is InChI=1S/C34H48N2O8/c1-22-9-14-26(34-30(41)28(39)29(40)33(20-37,44-34)21-43-34)18-25(22)17-24-12-10-23(11-13-24)7-6-8-27(38)19-32(2,3)31(42)35-15-16-36(4)5/h9-14,18,28-30,37,39-41H,6-8,15-17,19-21H2,1-5H3,(H,35,42)/t28-,29-,30+,33-,34-/m0/s1. The fourth-order valence-electron chi connectivity index (χ4n) is 5.98. The first kappa shape index (κ1) is 34.2. The van der Waals surface area contributed by atoms with Crippen LogP contribution in [0.25, 0.3) is 0 Å². The second kappa shape index (κ2) is 13.7. The van der Waals surface area contributed by atoms with E-state index >= 15 is 0 Å². The lowest BCUT2D eigenvalue weighted by molar-refractivity contribution is -0.329. The van der Waals surface area contributed by atoms with Crippen LogP contribution in [0.1, 0.15) is 60.9 Å². The Hall–Kier alpha value is -2.70. The zero-order valence-corrected chi connectivity index (χ0v) is 26.5. The lowest BCUT2D eigenvalue weighted by atomic mass is 9.83. The van der Waals surface area contributed by atoms with Gasteiger partial charge in [0.05, 0.1) is 18.6 Å². The van der Waals surface area contributed by atoms with Crippen LogP contribution in [0, 0.1) is 12.3 Å². The van der Waals surface area contributed by atoms with Crippen LogP contribution in [0.2, 0.25) is 0 Å². The van der Waals surface area contributed by atoms with Crippen LogP contribution in [-0.4, -0.2) is 101 Å². The van der Waals surface area contributed by atoms with Crippen molar-refractivity contribution in [3.8, 4) is 0 Å². The smallest absolute Gasteiger partial charge is 0.226 e. The summed E-state index contributed by atoms with van der Waals surface area (Å²) in [4.78, 5) is 27.2. The van der Waals surface area contributed by atoms with E-state index < -0.39 is 41.7 Å². The number of ether oxygens (including phenoxy) is 2. The van der Waals surface area contributed by atoms with Crippen LogP contribution >= 0.6 is 0 Å². The minimum Gasteiger partial charge on any atom is -0.393 e. The zero-order valence-electron chi connectivity index (χ0n) is 26.5. The summed E-state index contributed by atoms with van der Waals surface area (Å²) in [6, 6.07) is 13.8. The highest BCUT2D eigenvalue weighted by Crippen LogP contribution is 2.49. The second-order valence-corrected chi connectivity index (χ2v) is 13.3. The Balaban J connectivity index is 1.33. The summed E-state index contributed by atoms with van der Waals surface area (Å²) < 4.78 is 11.9. The number of nitrogens with zero attached hydrogens (tertiary/aromatic N) is 1. The molecule has 4 rings (SSSR count). The van der Waals surface area contributed by atoms with E-state index in [0.717, 1.165) is 35.2 Å². The summed E-state index contributed by atoms with van der Waals surface area (Å²) in [5, 5.41) is 44.7. The van der Waals surface area contributed by atoms with Gasteiger partial charge in [-0.05, 0) is 68.6 Å². The van der Waals surface area contributed by atoms with Crippen molar-refractivity contribution >= 4 is 11.7 Å². The summed E-state index contributed by atoms with van der Waals surface area (Å²) >= 11 is 0. The van der Waals surface area contributed by atoms with Crippen molar-refractivity contribution < 1.29 is 39.5 Å². The molecule has 0 aromatic heterocycles. The van der Waals surface area contributed by atoms with Gasteiger partial charge in [-0.2, -0.15) is 0 Å². The highest BCUT2D eigenvalue weighted by Gasteiger charge is 2.67. The lowest BCUT2D eigenvalue weighted by Gasteiger charge is -2.46. The van der Waals surface area contributed by atoms with Gasteiger partial charge >= 0.3 is 0 Å². The fourth-order valence-corrected chi connectivity index (χ4v) is 5.98. The van der Waals surface area contributed by atoms with Crippen molar-refractivity contribution in [2.45, 2.75) is 82.6 Å². The molecule has 5 N–H and O–H groups in total. The molecule has 0 saturated carbocycles. The molecule has 242 valence electrons. The normalized spacial score (nSPS) is 26.6. The summed E-state index contributed by atoms with van der Waals surface area (Å²) in [5.74, 6) is -1.71. The predicted octanol–water partition coefficient (Wildman–Crippen LogP) is 1.60. The van der Waals surface area contributed by atoms with Crippen LogP contribution in [0.5, 0.6) is 0 Å². The van der Waals surface area contributed by atoms with Crippen LogP contribution in [0.4, 0.5) is 0 Å². The predicted molar refractivity (Wildman–Crippen MR) is 165 cm³/mol. The molecule has 10 nitrogen and oxygen atoms in total. The quantitative estimate of drug-likeness (QED) is 0.215. The second-order valence-electron chi connectivity index (χ2n) is 13.3. The van der Waals surface area contributed by atoms with E-state index in [1.807, 2.05) is 51.9 Å². The Labute approximate surface area is 260 Å². The highest BCUT2D eigenvalue weighted by molar-refractivity contribution is 5.89. The summed E-state index contributed by atoms with van der Waals surface area (Å²) in [6.07, 6.45) is -1.88. The molecule has 2 aliphatic heterocycles. The molecule has 0 radical (unpaired) electrons. The molecular formula is C34H48N2O8. The average molecular weight is 613 g/mol. The van der Waals surface area contributed by atoms with Gasteiger partial charge < -0.3 is 40.1 Å². The maximum atomic E-state index is 12.6. The Morgan fingerprint density at radius 1 is 1.05 bits per heavy atom. The van der Waals surface area contributed by atoms with Gasteiger partial charge in [0.15, 0.2) is 0 Å². The molecule has 1 amide bonds. The molecule has 5 atom stereocenters. The van der Waals surface area contributed by atoms with Crippen LogP contribution < -0.4 is 5.32 Å². The summed E-state index contributed by atoms with van der Waals surface area (Å²) in [5.41, 5.74) is 2.45. The molecule has 2 fully saturated rings. The van der Waals surface area contributed by atoms with Gasteiger partial charge in [-0.1, -0.05) is 50.2 Å².